The maximum absolute atomic E-state index is 12.4. The molecule has 1 aromatic heterocycles. The quantitative estimate of drug-likeness (QED) is 0.799. The van der Waals surface area contributed by atoms with Gasteiger partial charge in [0.05, 0.1) is 0 Å². The minimum absolute atomic E-state index is 0.0124. The van der Waals surface area contributed by atoms with Crippen LogP contribution in [0.2, 0.25) is 0 Å². The maximum atomic E-state index is 12.4. The molecule has 0 amide bonds. The second-order valence-corrected chi connectivity index (χ2v) is 7.14. The fraction of sp³-hybridized carbons (Fsp3) is 0.647. The van der Waals surface area contributed by atoms with Gasteiger partial charge >= 0.3 is 127 Å². The average molecular weight is 288 g/mol. The monoisotopic (exact) mass is 288 g/mol. The van der Waals surface area contributed by atoms with Crippen molar-refractivity contribution in [2.24, 2.45) is 5.41 Å². The SMILES string of the molecule is COC(=O)C1(CC(C)OC(C)(C)C)Cc2bcccc2C1. The number of carbonyl (C=O) groups is 1. The van der Waals surface area contributed by atoms with Crippen molar-refractivity contribution in [2.45, 2.75) is 58.7 Å². The van der Waals surface area contributed by atoms with Crippen LogP contribution in [0, 0.1) is 5.41 Å². The summed E-state index contributed by atoms with van der Waals surface area (Å²) in [4.78, 5) is 12.4. The predicted molar refractivity (Wildman–Crippen MR) is 84.6 cm³/mol. The van der Waals surface area contributed by atoms with E-state index in [2.05, 4.69) is 13.0 Å². The number of hydrogen-bond donors (Lipinski definition) is 0. The second-order valence-electron chi connectivity index (χ2n) is 7.14. The third kappa shape index (κ3) is 3.73. The van der Waals surface area contributed by atoms with Crippen LogP contribution in [-0.4, -0.2) is 31.7 Å². The van der Waals surface area contributed by atoms with Gasteiger partial charge in [0.15, 0.2) is 0 Å². The van der Waals surface area contributed by atoms with Crippen molar-refractivity contribution in [2.75, 3.05) is 7.11 Å². The summed E-state index contributed by atoms with van der Waals surface area (Å²) >= 11 is 0. The van der Waals surface area contributed by atoms with Gasteiger partial charge in [0, 0.05) is 0 Å². The van der Waals surface area contributed by atoms with Crippen molar-refractivity contribution in [3.8, 4) is 0 Å². The van der Waals surface area contributed by atoms with Crippen molar-refractivity contribution in [3.63, 3.8) is 0 Å². The molecular weight excluding hydrogens is 263 g/mol. The average Bonchev–Trinajstić information content (AvgIpc) is 2.74. The van der Waals surface area contributed by atoms with Gasteiger partial charge < -0.3 is 0 Å². The van der Waals surface area contributed by atoms with Crippen LogP contribution in [0.15, 0.2) is 18.1 Å². The number of rotatable bonds is 4. The van der Waals surface area contributed by atoms with Crippen molar-refractivity contribution in [1.29, 1.82) is 0 Å². The van der Waals surface area contributed by atoms with Crippen LogP contribution in [0.3, 0.4) is 0 Å². The van der Waals surface area contributed by atoms with Gasteiger partial charge in [-0.1, -0.05) is 0 Å². The fourth-order valence-electron chi connectivity index (χ4n) is 3.48. The molecule has 1 heterocycles. The van der Waals surface area contributed by atoms with Gasteiger partial charge in [0.2, 0.25) is 0 Å². The van der Waals surface area contributed by atoms with Gasteiger partial charge in [-0.15, -0.1) is 0 Å². The summed E-state index contributed by atoms with van der Waals surface area (Å²) in [5.41, 5.74) is 1.82. The molecule has 2 atom stereocenters. The van der Waals surface area contributed by atoms with E-state index >= 15 is 0 Å². The molecule has 0 spiro atoms. The molecule has 3 nitrogen and oxygen atoms in total. The van der Waals surface area contributed by atoms with Gasteiger partial charge in [0.25, 0.3) is 0 Å². The van der Waals surface area contributed by atoms with Crippen LogP contribution in [-0.2, 0) is 27.1 Å². The van der Waals surface area contributed by atoms with Crippen LogP contribution in [0.5, 0.6) is 0 Å². The molecule has 0 N–H and O–H groups in total. The normalized spacial score (nSPS) is 22.5. The Labute approximate surface area is 128 Å². The Balaban J connectivity index is 2.20. The second kappa shape index (κ2) is 5.92. The number of ether oxygens (including phenoxy) is 2. The molecule has 1 aromatic rings. The molecule has 0 aromatic carbocycles. The van der Waals surface area contributed by atoms with Crippen molar-refractivity contribution in [1.82, 2.24) is 0 Å². The summed E-state index contributed by atoms with van der Waals surface area (Å²) in [6, 6.07) is 4.14. The standard InChI is InChI=1S/C17H25BO3/c1-12(21-16(2,3)4)9-17(15(19)20-5)10-13-7-6-8-18-14(13)11-17/h6-8,12H,9-11H2,1-5H3. The summed E-state index contributed by atoms with van der Waals surface area (Å²) < 4.78 is 11.1. The molecule has 0 aliphatic heterocycles. The molecule has 114 valence electrons. The predicted octanol–water partition coefficient (Wildman–Crippen LogP) is 2.88. The topological polar surface area (TPSA) is 35.5 Å². The molecule has 2 unspecified atom stereocenters. The molecule has 2 rings (SSSR count). The molecule has 1 aliphatic rings. The molecule has 0 saturated heterocycles. The van der Waals surface area contributed by atoms with Crippen molar-refractivity contribution >= 4 is 12.9 Å². The Morgan fingerprint density at radius 2 is 2.14 bits per heavy atom. The van der Waals surface area contributed by atoms with Gasteiger partial charge in [-0.2, -0.15) is 0 Å². The van der Waals surface area contributed by atoms with E-state index in [0.717, 1.165) is 12.8 Å². The molecule has 0 bridgehead atoms. The molecular formula is C17H25BO3. The summed E-state index contributed by atoms with van der Waals surface area (Å²) in [6.07, 6.45) is 2.19. The Morgan fingerprint density at radius 1 is 1.43 bits per heavy atom. The first-order valence-electron chi connectivity index (χ1n) is 7.59. The van der Waals surface area contributed by atoms with E-state index < -0.39 is 5.41 Å². The van der Waals surface area contributed by atoms with Crippen LogP contribution < -0.4 is 0 Å². The number of carbonyl (C=O) groups excluding carboxylic acids is 1. The number of hydrogen-bond acceptors (Lipinski definition) is 3. The van der Waals surface area contributed by atoms with Crippen molar-refractivity contribution < 1.29 is 14.3 Å². The summed E-state index contributed by atoms with van der Waals surface area (Å²) in [5, 5.41) is 0. The Morgan fingerprint density at radius 3 is 2.71 bits per heavy atom. The van der Waals surface area contributed by atoms with E-state index in [-0.39, 0.29) is 17.7 Å². The van der Waals surface area contributed by atoms with Crippen molar-refractivity contribution in [3.05, 3.63) is 29.1 Å². The number of fused-ring (bicyclic) bond motifs is 1. The van der Waals surface area contributed by atoms with E-state index in [9.17, 15) is 4.79 Å². The molecule has 0 fully saturated rings. The molecule has 1 aliphatic carbocycles. The van der Waals surface area contributed by atoms with E-state index in [4.69, 9.17) is 9.47 Å². The van der Waals surface area contributed by atoms with Gasteiger partial charge in [-0.3, -0.25) is 0 Å². The summed E-state index contributed by atoms with van der Waals surface area (Å²) in [5.74, 6) is 1.91. The van der Waals surface area contributed by atoms with Gasteiger partial charge in [-0.25, -0.2) is 0 Å². The minimum atomic E-state index is -0.483. The Kier molecular flexibility index (Phi) is 4.57. The first kappa shape index (κ1) is 16.2. The van der Waals surface area contributed by atoms with E-state index in [1.807, 2.05) is 39.7 Å². The fourth-order valence-corrected chi connectivity index (χ4v) is 3.48. The van der Waals surface area contributed by atoms with E-state index in [0.29, 0.717) is 6.42 Å². The molecule has 4 heteroatoms. The number of methoxy groups -OCH3 is 1. The van der Waals surface area contributed by atoms with Crippen LogP contribution in [0.4, 0.5) is 0 Å². The molecule has 0 saturated carbocycles. The van der Waals surface area contributed by atoms with Crippen LogP contribution in [0.1, 0.15) is 45.1 Å². The number of esters is 1. The first-order chi connectivity index (χ1) is 9.76. The zero-order valence-electron chi connectivity index (χ0n) is 13.7. The zero-order chi connectivity index (χ0) is 15.7. The van der Waals surface area contributed by atoms with E-state index in [1.54, 1.807) is 0 Å². The summed E-state index contributed by atoms with van der Waals surface area (Å²) in [6.45, 7) is 10.3. The summed E-state index contributed by atoms with van der Waals surface area (Å²) in [7, 11) is 1.47. The van der Waals surface area contributed by atoms with Gasteiger partial charge in [0.1, 0.15) is 0 Å². The Hall–Kier alpha value is -1.16. The third-order valence-electron chi connectivity index (χ3n) is 4.03. The third-order valence-corrected chi connectivity index (χ3v) is 4.03. The first-order valence-corrected chi connectivity index (χ1v) is 7.59. The Bertz CT molecular complexity index is 494. The van der Waals surface area contributed by atoms with Crippen LogP contribution >= 0.6 is 0 Å². The van der Waals surface area contributed by atoms with Crippen LogP contribution in [0.25, 0.3) is 0 Å². The zero-order valence-corrected chi connectivity index (χ0v) is 13.7. The molecule has 21 heavy (non-hydrogen) atoms. The van der Waals surface area contributed by atoms with Gasteiger partial charge in [-0.05, 0) is 0 Å². The van der Waals surface area contributed by atoms with E-state index in [1.165, 1.54) is 18.1 Å². The molecule has 0 radical (unpaired) electrons.